The lowest BCUT2D eigenvalue weighted by Gasteiger charge is -2.28. The minimum Gasteiger partial charge on any atom is -0.480 e. The molecule has 0 bridgehead atoms. The molecule has 13 N–H and O–H groups in total. The molecule has 35 heavy (non-hydrogen) atoms. The number of carbonyl (C=O) groups is 5. The highest BCUT2D eigenvalue weighted by atomic mass is 16.4. The highest BCUT2D eigenvalue weighted by Crippen LogP contribution is 2.10. The summed E-state index contributed by atoms with van der Waals surface area (Å²) in [7, 11) is 0. The average Bonchev–Trinajstić information content (AvgIpc) is 2.76. The van der Waals surface area contributed by atoms with Crippen LogP contribution in [0.3, 0.4) is 0 Å². The Kier molecular flexibility index (Phi) is 13.9. The van der Waals surface area contributed by atoms with Crippen molar-refractivity contribution >= 4 is 35.6 Å². The predicted octanol–water partition coefficient (Wildman–Crippen LogP) is -3.79. The van der Waals surface area contributed by atoms with Crippen molar-refractivity contribution in [2.75, 3.05) is 6.54 Å². The number of nitrogens with two attached hydrogens (primary N) is 4. The van der Waals surface area contributed by atoms with Gasteiger partial charge in [0, 0.05) is 6.54 Å². The molecule has 0 fully saturated rings. The van der Waals surface area contributed by atoms with Crippen LogP contribution in [-0.4, -0.2) is 82.6 Å². The molecule has 200 valence electrons. The minimum atomic E-state index is -1.61. The zero-order chi connectivity index (χ0) is 27.3. The van der Waals surface area contributed by atoms with Crippen LogP contribution in [0.25, 0.3) is 0 Å². The summed E-state index contributed by atoms with van der Waals surface area (Å²) in [6.45, 7) is 4.93. The molecule has 0 saturated carbocycles. The zero-order valence-electron chi connectivity index (χ0n) is 20.2. The molecule has 0 aliphatic carbocycles. The number of nitrogens with one attached hydrogen (secondary N) is 3. The second-order valence-corrected chi connectivity index (χ2v) is 8.22. The molecular weight excluding hydrogens is 464 g/mol. The Bertz CT molecular complexity index is 785. The van der Waals surface area contributed by atoms with E-state index in [1.807, 2.05) is 0 Å². The van der Waals surface area contributed by atoms with Crippen molar-refractivity contribution < 1.29 is 34.2 Å². The summed E-state index contributed by atoms with van der Waals surface area (Å²) in [4.78, 5) is 64.5. The standard InChI is InChI=1S/C20H38N8O7/c1-4-9(2)15(28-17(32)14(22)10(3)29)18(33)26-11(6-5-7-25-20(23)24)16(31)27-12(19(34)35)8-13(21)30/h9-12,14-15,29H,4-8,22H2,1-3H3,(H2,21,30)(H,26,33)(H,27,31)(H,28,32)(H,34,35)(H4,23,24,25). The second kappa shape index (κ2) is 15.4. The van der Waals surface area contributed by atoms with Crippen LogP contribution in [0.4, 0.5) is 0 Å². The first-order chi connectivity index (χ1) is 16.2. The van der Waals surface area contributed by atoms with Gasteiger partial charge < -0.3 is 49.1 Å². The van der Waals surface area contributed by atoms with Gasteiger partial charge in [0.25, 0.3) is 0 Å². The summed E-state index contributed by atoms with van der Waals surface area (Å²) >= 11 is 0. The number of aliphatic imine (C=N–C) groups is 1. The van der Waals surface area contributed by atoms with E-state index in [2.05, 4.69) is 20.9 Å². The fraction of sp³-hybridized carbons (Fsp3) is 0.700. The quantitative estimate of drug-likeness (QED) is 0.0563. The van der Waals surface area contributed by atoms with Crippen molar-refractivity contribution in [2.24, 2.45) is 33.8 Å². The van der Waals surface area contributed by atoms with Gasteiger partial charge in [-0.25, -0.2) is 4.79 Å². The SMILES string of the molecule is CCC(C)C(NC(=O)C(N)C(C)O)C(=O)NC(CCCN=C(N)N)C(=O)NC(CC(N)=O)C(=O)O. The van der Waals surface area contributed by atoms with Crippen molar-refractivity contribution in [3.05, 3.63) is 0 Å². The van der Waals surface area contributed by atoms with Crippen molar-refractivity contribution in [3.8, 4) is 0 Å². The van der Waals surface area contributed by atoms with Crippen LogP contribution in [0.15, 0.2) is 4.99 Å². The lowest BCUT2D eigenvalue weighted by atomic mass is 9.96. The molecule has 6 atom stereocenters. The Labute approximate surface area is 203 Å². The molecule has 6 unspecified atom stereocenters. The molecule has 0 saturated heterocycles. The molecule has 0 aromatic carbocycles. The third-order valence-corrected chi connectivity index (χ3v) is 5.21. The van der Waals surface area contributed by atoms with E-state index >= 15 is 0 Å². The summed E-state index contributed by atoms with van der Waals surface area (Å²) in [5.41, 5.74) is 21.2. The van der Waals surface area contributed by atoms with Gasteiger partial charge in [-0.3, -0.25) is 24.2 Å². The van der Waals surface area contributed by atoms with Gasteiger partial charge in [0.2, 0.25) is 23.6 Å². The number of carbonyl (C=O) groups excluding carboxylic acids is 4. The molecule has 4 amide bonds. The molecule has 0 aliphatic heterocycles. The van der Waals surface area contributed by atoms with Crippen molar-refractivity contribution in [3.63, 3.8) is 0 Å². The topological polar surface area (TPSA) is 278 Å². The van der Waals surface area contributed by atoms with Gasteiger partial charge in [0.1, 0.15) is 24.2 Å². The number of guanidine groups is 1. The van der Waals surface area contributed by atoms with E-state index in [0.29, 0.717) is 6.42 Å². The van der Waals surface area contributed by atoms with Crippen molar-refractivity contribution in [2.45, 2.75) is 76.7 Å². The molecular formula is C20H38N8O7. The van der Waals surface area contributed by atoms with Gasteiger partial charge in [-0.2, -0.15) is 0 Å². The zero-order valence-corrected chi connectivity index (χ0v) is 20.2. The van der Waals surface area contributed by atoms with Crippen LogP contribution in [0.2, 0.25) is 0 Å². The first kappa shape index (κ1) is 31.5. The number of amides is 4. The fourth-order valence-electron chi connectivity index (χ4n) is 2.88. The molecule has 0 heterocycles. The van der Waals surface area contributed by atoms with Crippen molar-refractivity contribution in [1.29, 1.82) is 0 Å². The Morgan fingerprint density at radius 1 is 0.914 bits per heavy atom. The number of aliphatic hydroxyl groups is 1. The van der Waals surface area contributed by atoms with Gasteiger partial charge in [0.15, 0.2) is 5.96 Å². The molecule has 15 heteroatoms. The molecule has 0 rings (SSSR count). The van der Waals surface area contributed by atoms with E-state index in [0.717, 1.165) is 0 Å². The van der Waals surface area contributed by atoms with Gasteiger partial charge in [-0.15, -0.1) is 0 Å². The van der Waals surface area contributed by atoms with Crippen LogP contribution in [-0.2, 0) is 24.0 Å². The third-order valence-electron chi connectivity index (χ3n) is 5.21. The number of primary amides is 1. The van der Waals surface area contributed by atoms with E-state index in [1.165, 1.54) is 6.92 Å². The Balaban J connectivity index is 5.71. The maximum Gasteiger partial charge on any atom is 0.326 e. The van der Waals surface area contributed by atoms with Gasteiger partial charge in [-0.05, 0) is 25.7 Å². The van der Waals surface area contributed by atoms with Gasteiger partial charge >= 0.3 is 5.97 Å². The predicted molar refractivity (Wildman–Crippen MR) is 126 cm³/mol. The van der Waals surface area contributed by atoms with E-state index in [9.17, 15) is 34.2 Å². The molecule has 0 aromatic heterocycles. The second-order valence-electron chi connectivity index (χ2n) is 8.22. The number of nitrogens with zero attached hydrogens (tertiary/aromatic N) is 1. The molecule has 15 nitrogen and oxygen atoms in total. The van der Waals surface area contributed by atoms with Crippen LogP contribution in [0, 0.1) is 5.92 Å². The normalized spacial score (nSPS) is 15.9. The number of aliphatic hydroxyl groups excluding tert-OH is 1. The largest absolute Gasteiger partial charge is 0.480 e. The minimum absolute atomic E-state index is 0.00558. The lowest BCUT2D eigenvalue weighted by molar-refractivity contribution is -0.144. The third kappa shape index (κ3) is 12.0. The summed E-state index contributed by atoms with van der Waals surface area (Å²) in [6.07, 6.45) is -1.10. The Hall–Kier alpha value is -3.46. The summed E-state index contributed by atoms with van der Waals surface area (Å²) in [5, 5.41) is 26.0. The number of carboxylic acid groups (broad SMARTS) is 1. The number of carboxylic acids is 1. The molecule has 0 aromatic rings. The maximum absolute atomic E-state index is 13.1. The molecule has 0 radical (unpaired) electrons. The highest BCUT2D eigenvalue weighted by molar-refractivity contribution is 5.95. The smallest absolute Gasteiger partial charge is 0.326 e. The van der Waals surface area contributed by atoms with Gasteiger partial charge in [0.05, 0.1) is 12.5 Å². The summed E-state index contributed by atoms with van der Waals surface area (Å²) in [6, 6.07) is -5.24. The van der Waals surface area contributed by atoms with Crippen LogP contribution < -0.4 is 38.9 Å². The van der Waals surface area contributed by atoms with Crippen LogP contribution in [0.5, 0.6) is 0 Å². The number of rotatable bonds is 16. The van der Waals surface area contributed by atoms with Crippen LogP contribution >= 0.6 is 0 Å². The maximum atomic E-state index is 13.1. The van der Waals surface area contributed by atoms with E-state index in [-0.39, 0.29) is 31.3 Å². The Morgan fingerprint density at radius 3 is 1.94 bits per heavy atom. The summed E-state index contributed by atoms with van der Waals surface area (Å²) < 4.78 is 0. The number of hydrogen-bond acceptors (Lipinski definition) is 8. The Morgan fingerprint density at radius 2 is 1.49 bits per heavy atom. The first-order valence-electron chi connectivity index (χ1n) is 11.1. The van der Waals surface area contributed by atoms with Gasteiger partial charge in [-0.1, -0.05) is 20.3 Å². The fourth-order valence-corrected chi connectivity index (χ4v) is 2.88. The number of hydrogen-bond donors (Lipinski definition) is 9. The number of aliphatic carboxylic acids is 1. The van der Waals surface area contributed by atoms with E-state index in [4.69, 9.17) is 22.9 Å². The average molecular weight is 503 g/mol. The lowest BCUT2D eigenvalue weighted by Crippen LogP contribution is -2.59. The summed E-state index contributed by atoms with van der Waals surface area (Å²) in [5.74, 6) is -5.36. The first-order valence-corrected chi connectivity index (χ1v) is 11.1. The van der Waals surface area contributed by atoms with Crippen LogP contribution in [0.1, 0.15) is 46.5 Å². The van der Waals surface area contributed by atoms with E-state index < -0.39 is 66.3 Å². The van der Waals surface area contributed by atoms with Crippen molar-refractivity contribution in [1.82, 2.24) is 16.0 Å². The highest BCUT2D eigenvalue weighted by Gasteiger charge is 2.33. The molecule has 0 spiro atoms. The monoisotopic (exact) mass is 502 g/mol. The van der Waals surface area contributed by atoms with E-state index in [1.54, 1.807) is 13.8 Å². The molecule has 0 aliphatic rings.